The molecule has 8 heteroatoms. The molecule has 1 heterocycles. The van der Waals surface area contributed by atoms with E-state index >= 15 is 0 Å². The van der Waals surface area contributed by atoms with Crippen molar-refractivity contribution < 1.29 is 17.9 Å². The van der Waals surface area contributed by atoms with Crippen LogP contribution < -0.4 is 4.74 Å². The number of halogens is 2. The van der Waals surface area contributed by atoms with Gasteiger partial charge in [0, 0.05) is 6.54 Å². The molecule has 2 aromatic carbocycles. The third-order valence-electron chi connectivity index (χ3n) is 3.81. The molecule has 0 aliphatic rings. The second-order valence-corrected chi connectivity index (χ2v) is 6.55. The van der Waals surface area contributed by atoms with Crippen molar-refractivity contribution in [2.24, 2.45) is 0 Å². The van der Waals surface area contributed by atoms with Crippen LogP contribution in [0.2, 0.25) is 0 Å². The van der Waals surface area contributed by atoms with Gasteiger partial charge in [0.2, 0.25) is 0 Å². The molecule has 0 unspecified atom stereocenters. The maximum atomic E-state index is 13.3. The van der Waals surface area contributed by atoms with E-state index < -0.39 is 6.10 Å². The normalized spacial score (nSPS) is 12.3. The molecule has 0 fully saturated rings. The summed E-state index contributed by atoms with van der Waals surface area (Å²) in [7, 11) is 1.87. The van der Waals surface area contributed by atoms with Gasteiger partial charge in [-0.25, -0.2) is 13.5 Å². The molecule has 0 aliphatic carbocycles. The van der Waals surface area contributed by atoms with Crippen LogP contribution in [0.4, 0.5) is 8.78 Å². The number of hydrogen-bond donors (Lipinski definition) is 0. The Morgan fingerprint density at radius 2 is 1.93 bits per heavy atom. The fourth-order valence-electron chi connectivity index (χ4n) is 2.57. The van der Waals surface area contributed by atoms with E-state index in [0.29, 0.717) is 24.9 Å². The summed E-state index contributed by atoms with van der Waals surface area (Å²) >= 11 is 5.22. The van der Waals surface area contributed by atoms with Crippen molar-refractivity contribution in [3.8, 4) is 5.75 Å². The second-order valence-electron chi connectivity index (χ2n) is 6.21. The Morgan fingerprint density at radius 1 is 1.19 bits per heavy atom. The summed E-state index contributed by atoms with van der Waals surface area (Å²) in [6.45, 7) is 2.68. The lowest BCUT2D eigenvalue weighted by Gasteiger charge is -2.16. The van der Waals surface area contributed by atoms with Crippen LogP contribution in [0.5, 0.6) is 5.75 Å². The summed E-state index contributed by atoms with van der Waals surface area (Å²) in [6, 6.07) is 12.1. The summed E-state index contributed by atoms with van der Waals surface area (Å²) in [5.41, 5.74) is 0.848. The number of ether oxygens (including phenoxy) is 1. The lowest BCUT2D eigenvalue weighted by Crippen LogP contribution is -2.22. The summed E-state index contributed by atoms with van der Waals surface area (Å²) in [6.07, 6.45) is -0.494. The average molecular weight is 391 g/mol. The van der Waals surface area contributed by atoms with Gasteiger partial charge in [-0.05, 0) is 68.2 Å². The standard InChI is InChI=1S/C19H19F2N3O2S/c1-13(25-17-8-6-15(20)7-9-17)18-22-24(19(27)26-18)12-23(2)11-14-4-3-5-16(21)10-14/h3-10,13H,11-12H2,1-2H3/t13-/m0/s1. The fourth-order valence-corrected chi connectivity index (χ4v) is 2.75. The van der Waals surface area contributed by atoms with Gasteiger partial charge in [-0.2, -0.15) is 0 Å². The number of aromatic nitrogens is 2. The molecule has 3 rings (SSSR count). The fraction of sp³-hybridized carbons (Fsp3) is 0.263. The topological polar surface area (TPSA) is 43.4 Å². The first kappa shape index (κ1) is 19.2. The minimum Gasteiger partial charge on any atom is -0.481 e. The monoisotopic (exact) mass is 391 g/mol. The summed E-state index contributed by atoms with van der Waals surface area (Å²) in [4.78, 5) is 2.15. The van der Waals surface area contributed by atoms with Gasteiger partial charge in [0.15, 0.2) is 6.10 Å². The minimum atomic E-state index is -0.494. The molecule has 5 nitrogen and oxygen atoms in total. The zero-order valence-electron chi connectivity index (χ0n) is 14.9. The highest BCUT2D eigenvalue weighted by atomic mass is 32.1. The van der Waals surface area contributed by atoms with Crippen LogP contribution in [0.1, 0.15) is 24.5 Å². The molecular weight excluding hydrogens is 372 g/mol. The third-order valence-corrected chi connectivity index (χ3v) is 4.11. The Bertz CT molecular complexity index is 956. The number of hydrogen-bond acceptors (Lipinski definition) is 5. The Labute approximate surface area is 160 Å². The summed E-state index contributed by atoms with van der Waals surface area (Å²) < 4.78 is 39.0. The van der Waals surface area contributed by atoms with Gasteiger partial charge in [-0.3, -0.25) is 4.90 Å². The van der Waals surface area contributed by atoms with Crippen LogP contribution in [-0.4, -0.2) is 21.7 Å². The molecule has 0 amide bonds. The molecular formula is C19H19F2N3O2S. The van der Waals surface area contributed by atoms with Crippen LogP contribution in [0.25, 0.3) is 0 Å². The zero-order valence-corrected chi connectivity index (χ0v) is 15.7. The molecule has 27 heavy (non-hydrogen) atoms. The number of nitrogens with zero attached hydrogens (tertiary/aromatic N) is 3. The predicted octanol–water partition coefficient (Wildman–Crippen LogP) is 4.71. The van der Waals surface area contributed by atoms with Gasteiger partial charge in [-0.15, -0.1) is 5.10 Å². The van der Waals surface area contributed by atoms with Crippen molar-refractivity contribution in [3.05, 3.63) is 76.5 Å². The Kier molecular flexibility index (Phi) is 5.98. The van der Waals surface area contributed by atoms with E-state index in [4.69, 9.17) is 21.4 Å². The van der Waals surface area contributed by atoms with Crippen LogP contribution in [0.3, 0.4) is 0 Å². The lowest BCUT2D eigenvalue weighted by atomic mass is 10.2. The van der Waals surface area contributed by atoms with Crippen LogP contribution >= 0.6 is 12.2 Å². The van der Waals surface area contributed by atoms with Gasteiger partial charge in [0.25, 0.3) is 10.7 Å². The Balaban J connectivity index is 1.64. The van der Waals surface area contributed by atoms with Gasteiger partial charge in [0.1, 0.15) is 17.4 Å². The smallest absolute Gasteiger partial charge is 0.288 e. The molecule has 1 aromatic heterocycles. The lowest BCUT2D eigenvalue weighted by molar-refractivity contribution is 0.187. The quantitative estimate of drug-likeness (QED) is 0.546. The highest BCUT2D eigenvalue weighted by Gasteiger charge is 2.16. The van der Waals surface area contributed by atoms with E-state index in [1.165, 1.54) is 41.1 Å². The van der Waals surface area contributed by atoms with E-state index in [-0.39, 0.29) is 16.5 Å². The Morgan fingerprint density at radius 3 is 2.63 bits per heavy atom. The predicted molar refractivity (Wildman–Crippen MR) is 98.6 cm³/mol. The molecule has 142 valence electrons. The van der Waals surface area contributed by atoms with Crippen molar-refractivity contribution in [1.82, 2.24) is 14.7 Å². The first-order valence-electron chi connectivity index (χ1n) is 8.34. The summed E-state index contributed by atoms with van der Waals surface area (Å²) in [5.74, 6) is 0.220. The SMILES string of the molecule is C[C@H](Oc1ccc(F)cc1)c1nn(CN(C)Cc2cccc(F)c2)c(=S)o1. The van der Waals surface area contributed by atoms with Gasteiger partial charge in [-0.1, -0.05) is 12.1 Å². The number of benzene rings is 2. The van der Waals surface area contributed by atoms with Crippen LogP contribution in [0, 0.1) is 16.5 Å². The second kappa shape index (κ2) is 8.41. The van der Waals surface area contributed by atoms with E-state index in [0.717, 1.165) is 5.56 Å². The molecule has 0 saturated carbocycles. The van der Waals surface area contributed by atoms with E-state index in [1.54, 1.807) is 13.0 Å². The van der Waals surface area contributed by atoms with Gasteiger partial charge in [0.05, 0.1) is 6.67 Å². The van der Waals surface area contributed by atoms with E-state index in [9.17, 15) is 8.78 Å². The van der Waals surface area contributed by atoms with E-state index in [1.807, 2.05) is 18.0 Å². The first-order valence-corrected chi connectivity index (χ1v) is 8.74. The molecule has 0 spiro atoms. The van der Waals surface area contributed by atoms with Crippen molar-refractivity contribution in [2.45, 2.75) is 26.2 Å². The maximum Gasteiger partial charge on any atom is 0.288 e. The zero-order chi connectivity index (χ0) is 19.4. The highest BCUT2D eigenvalue weighted by Crippen LogP contribution is 2.21. The van der Waals surface area contributed by atoms with Gasteiger partial charge >= 0.3 is 0 Å². The molecule has 0 saturated heterocycles. The molecule has 0 aliphatic heterocycles. The van der Waals surface area contributed by atoms with E-state index in [2.05, 4.69) is 5.10 Å². The average Bonchev–Trinajstić information content (AvgIpc) is 2.97. The first-order chi connectivity index (χ1) is 12.9. The third kappa shape index (κ3) is 5.21. The molecule has 0 bridgehead atoms. The minimum absolute atomic E-state index is 0.214. The molecule has 0 radical (unpaired) electrons. The van der Waals surface area contributed by atoms with Crippen molar-refractivity contribution in [3.63, 3.8) is 0 Å². The van der Waals surface area contributed by atoms with Crippen molar-refractivity contribution in [2.75, 3.05) is 7.05 Å². The Hall–Kier alpha value is -2.58. The molecule has 3 aromatic rings. The molecule has 1 atom stereocenters. The maximum absolute atomic E-state index is 13.3. The molecule has 0 N–H and O–H groups in total. The largest absolute Gasteiger partial charge is 0.481 e. The van der Waals surface area contributed by atoms with Crippen molar-refractivity contribution >= 4 is 12.2 Å². The number of rotatable bonds is 7. The highest BCUT2D eigenvalue weighted by molar-refractivity contribution is 7.71. The van der Waals surface area contributed by atoms with Crippen LogP contribution in [-0.2, 0) is 13.2 Å². The van der Waals surface area contributed by atoms with Crippen LogP contribution in [0.15, 0.2) is 52.9 Å². The van der Waals surface area contributed by atoms with Gasteiger partial charge < -0.3 is 9.15 Å². The van der Waals surface area contributed by atoms with Crippen molar-refractivity contribution in [1.29, 1.82) is 0 Å². The summed E-state index contributed by atoms with van der Waals surface area (Å²) in [5, 5.41) is 4.35.